The van der Waals surface area contributed by atoms with Crippen LogP contribution in [-0.2, 0) is 4.79 Å². The predicted octanol–water partition coefficient (Wildman–Crippen LogP) is 2.87. The first-order valence-electron chi connectivity index (χ1n) is 8.28. The lowest BCUT2D eigenvalue weighted by Gasteiger charge is -2.24. The van der Waals surface area contributed by atoms with Gasteiger partial charge in [-0.2, -0.15) is 0 Å². The van der Waals surface area contributed by atoms with Gasteiger partial charge < -0.3 is 15.3 Å². The van der Waals surface area contributed by atoms with Crippen LogP contribution >= 0.6 is 0 Å². The van der Waals surface area contributed by atoms with Crippen LogP contribution in [0.15, 0.2) is 24.3 Å². The standard InChI is InChI=1S/C18H28N2O2/c1-13(2)10-16(12-21)19-14(3)15-6-4-7-17(11-15)20-9-5-8-18(20)22/h4,6-7,11,13-14,16,19,21H,5,8-10,12H2,1-3H3. The second kappa shape index (κ2) is 7.75. The van der Waals surface area contributed by atoms with E-state index >= 15 is 0 Å². The molecule has 1 fully saturated rings. The van der Waals surface area contributed by atoms with Gasteiger partial charge in [0.15, 0.2) is 0 Å². The number of aliphatic hydroxyl groups excluding tert-OH is 1. The van der Waals surface area contributed by atoms with Gasteiger partial charge in [0.1, 0.15) is 0 Å². The average Bonchev–Trinajstić information content (AvgIpc) is 2.92. The van der Waals surface area contributed by atoms with E-state index in [1.54, 1.807) is 0 Å². The van der Waals surface area contributed by atoms with Crippen molar-refractivity contribution in [2.45, 2.75) is 52.1 Å². The minimum atomic E-state index is 0.104. The number of anilines is 1. The number of nitrogens with one attached hydrogen (secondary N) is 1. The first-order chi connectivity index (χ1) is 10.5. The summed E-state index contributed by atoms with van der Waals surface area (Å²) in [7, 11) is 0. The molecule has 0 aliphatic carbocycles. The number of aliphatic hydroxyl groups is 1. The molecule has 4 heteroatoms. The first kappa shape index (κ1) is 17.0. The lowest BCUT2D eigenvalue weighted by atomic mass is 10.0. The summed E-state index contributed by atoms with van der Waals surface area (Å²) in [6.45, 7) is 7.39. The highest BCUT2D eigenvalue weighted by molar-refractivity contribution is 5.95. The van der Waals surface area contributed by atoms with Crippen molar-refractivity contribution in [1.29, 1.82) is 0 Å². The number of rotatable bonds is 7. The van der Waals surface area contributed by atoms with E-state index < -0.39 is 0 Å². The van der Waals surface area contributed by atoms with Crippen molar-refractivity contribution in [2.24, 2.45) is 5.92 Å². The molecule has 0 bridgehead atoms. The van der Waals surface area contributed by atoms with Crippen LogP contribution in [0.5, 0.6) is 0 Å². The maximum atomic E-state index is 11.9. The van der Waals surface area contributed by atoms with Gasteiger partial charge >= 0.3 is 0 Å². The number of carbonyl (C=O) groups excluding carboxylic acids is 1. The molecule has 0 aromatic heterocycles. The SMILES string of the molecule is CC(C)CC(CO)NC(C)c1cccc(N2CCCC2=O)c1. The largest absolute Gasteiger partial charge is 0.395 e. The Kier molecular flexibility index (Phi) is 5.98. The van der Waals surface area contributed by atoms with Gasteiger partial charge in [-0.3, -0.25) is 4.79 Å². The molecule has 1 saturated heterocycles. The molecule has 1 heterocycles. The summed E-state index contributed by atoms with van der Waals surface area (Å²) in [4.78, 5) is 13.7. The lowest BCUT2D eigenvalue weighted by molar-refractivity contribution is -0.117. The van der Waals surface area contributed by atoms with Gasteiger partial charge in [0.25, 0.3) is 0 Å². The van der Waals surface area contributed by atoms with E-state index in [1.165, 1.54) is 0 Å². The van der Waals surface area contributed by atoms with Crippen LogP contribution in [0.25, 0.3) is 0 Å². The summed E-state index contributed by atoms with van der Waals surface area (Å²) >= 11 is 0. The van der Waals surface area contributed by atoms with Crippen molar-refractivity contribution in [2.75, 3.05) is 18.1 Å². The predicted molar refractivity (Wildman–Crippen MR) is 89.9 cm³/mol. The Balaban J connectivity index is 2.06. The summed E-state index contributed by atoms with van der Waals surface area (Å²) in [6.07, 6.45) is 2.54. The minimum Gasteiger partial charge on any atom is -0.395 e. The summed E-state index contributed by atoms with van der Waals surface area (Å²) < 4.78 is 0. The Morgan fingerprint density at radius 1 is 1.32 bits per heavy atom. The summed E-state index contributed by atoms with van der Waals surface area (Å²) in [5.41, 5.74) is 2.14. The molecule has 0 radical (unpaired) electrons. The molecular weight excluding hydrogens is 276 g/mol. The molecule has 1 aromatic rings. The van der Waals surface area contributed by atoms with Crippen molar-refractivity contribution in [1.82, 2.24) is 5.32 Å². The van der Waals surface area contributed by atoms with Crippen LogP contribution in [-0.4, -0.2) is 30.2 Å². The van der Waals surface area contributed by atoms with E-state index in [2.05, 4.69) is 38.2 Å². The molecule has 2 unspecified atom stereocenters. The zero-order valence-corrected chi connectivity index (χ0v) is 13.9. The second-order valence-corrected chi connectivity index (χ2v) is 6.64. The highest BCUT2D eigenvalue weighted by Gasteiger charge is 2.22. The van der Waals surface area contributed by atoms with Crippen LogP contribution in [0.4, 0.5) is 5.69 Å². The Hall–Kier alpha value is -1.39. The number of benzene rings is 1. The maximum Gasteiger partial charge on any atom is 0.227 e. The summed E-state index contributed by atoms with van der Waals surface area (Å²) in [6, 6.07) is 8.42. The fraction of sp³-hybridized carbons (Fsp3) is 0.611. The first-order valence-corrected chi connectivity index (χ1v) is 8.28. The van der Waals surface area contributed by atoms with Gasteiger partial charge in [-0.15, -0.1) is 0 Å². The van der Waals surface area contributed by atoms with Crippen molar-refractivity contribution >= 4 is 11.6 Å². The Labute approximate surface area is 133 Å². The van der Waals surface area contributed by atoms with Gasteiger partial charge in [-0.25, -0.2) is 0 Å². The Bertz CT molecular complexity index is 502. The molecule has 22 heavy (non-hydrogen) atoms. The van der Waals surface area contributed by atoms with E-state index in [0.717, 1.165) is 30.6 Å². The molecule has 1 aliphatic rings. The van der Waals surface area contributed by atoms with Crippen molar-refractivity contribution in [3.05, 3.63) is 29.8 Å². The van der Waals surface area contributed by atoms with Crippen LogP contribution in [0.3, 0.4) is 0 Å². The topological polar surface area (TPSA) is 52.6 Å². The van der Waals surface area contributed by atoms with Crippen molar-refractivity contribution < 1.29 is 9.90 Å². The lowest BCUT2D eigenvalue weighted by Crippen LogP contribution is -2.35. The third-order valence-electron chi connectivity index (χ3n) is 4.22. The summed E-state index contributed by atoms with van der Waals surface area (Å²) in [5, 5.41) is 13.0. The fourth-order valence-corrected chi connectivity index (χ4v) is 3.10. The van der Waals surface area contributed by atoms with E-state index in [4.69, 9.17) is 0 Å². The molecular formula is C18H28N2O2. The molecule has 2 atom stereocenters. The van der Waals surface area contributed by atoms with Crippen LogP contribution in [0.1, 0.15) is 51.6 Å². The van der Waals surface area contributed by atoms with Crippen LogP contribution in [0, 0.1) is 5.92 Å². The molecule has 2 N–H and O–H groups in total. The Morgan fingerprint density at radius 3 is 2.68 bits per heavy atom. The van der Waals surface area contributed by atoms with Crippen molar-refractivity contribution in [3.63, 3.8) is 0 Å². The highest BCUT2D eigenvalue weighted by Crippen LogP contribution is 2.25. The summed E-state index contributed by atoms with van der Waals surface area (Å²) in [5.74, 6) is 0.760. The molecule has 122 valence electrons. The molecule has 1 amide bonds. The van der Waals surface area contributed by atoms with Gasteiger partial charge in [-0.05, 0) is 43.4 Å². The minimum absolute atomic E-state index is 0.104. The van der Waals surface area contributed by atoms with E-state index in [0.29, 0.717) is 12.3 Å². The quantitative estimate of drug-likeness (QED) is 0.814. The fourth-order valence-electron chi connectivity index (χ4n) is 3.10. The van der Waals surface area contributed by atoms with Gasteiger partial charge in [0.05, 0.1) is 6.61 Å². The number of hydrogen-bond donors (Lipinski definition) is 2. The molecule has 1 aliphatic heterocycles. The molecule has 4 nitrogen and oxygen atoms in total. The van der Waals surface area contributed by atoms with E-state index in [1.807, 2.05) is 17.0 Å². The number of nitrogens with zero attached hydrogens (tertiary/aromatic N) is 1. The molecule has 0 saturated carbocycles. The van der Waals surface area contributed by atoms with Crippen LogP contribution in [0.2, 0.25) is 0 Å². The maximum absolute atomic E-state index is 11.9. The van der Waals surface area contributed by atoms with Crippen LogP contribution < -0.4 is 10.2 Å². The molecule has 2 rings (SSSR count). The zero-order chi connectivity index (χ0) is 16.1. The monoisotopic (exact) mass is 304 g/mol. The van der Waals surface area contributed by atoms with Crippen molar-refractivity contribution in [3.8, 4) is 0 Å². The highest BCUT2D eigenvalue weighted by atomic mass is 16.3. The molecule has 1 aromatic carbocycles. The Morgan fingerprint density at radius 2 is 2.09 bits per heavy atom. The zero-order valence-electron chi connectivity index (χ0n) is 13.9. The van der Waals surface area contributed by atoms with Gasteiger partial charge in [0, 0.05) is 30.7 Å². The normalized spacial score (nSPS) is 18.0. The number of hydrogen-bond acceptors (Lipinski definition) is 3. The number of amides is 1. The third-order valence-corrected chi connectivity index (χ3v) is 4.22. The average molecular weight is 304 g/mol. The van der Waals surface area contributed by atoms with E-state index in [-0.39, 0.29) is 24.6 Å². The van der Waals surface area contributed by atoms with Gasteiger partial charge in [0.2, 0.25) is 5.91 Å². The molecule has 0 spiro atoms. The second-order valence-electron chi connectivity index (χ2n) is 6.64. The van der Waals surface area contributed by atoms with E-state index in [9.17, 15) is 9.90 Å². The smallest absolute Gasteiger partial charge is 0.227 e. The third kappa shape index (κ3) is 4.31. The number of carbonyl (C=O) groups is 1. The van der Waals surface area contributed by atoms with Gasteiger partial charge in [-0.1, -0.05) is 26.0 Å².